The highest BCUT2D eigenvalue weighted by Gasteiger charge is 2.29. The number of carbonyl (C=O) groups is 3. The zero-order chi connectivity index (χ0) is 21.8. The molecule has 0 aromatic heterocycles. The van der Waals surface area contributed by atoms with Crippen LogP contribution in [0, 0.1) is 5.82 Å². The summed E-state index contributed by atoms with van der Waals surface area (Å²) in [5, 5.41) is 2.72. The lowest BCUT2D eigenvalue weighted by atomic mass is 9.97. The Balaban J connectivity index is 1.91. The van der Waals surface area contributed by atoms with E-state index in [1.165, 1.54) is 61.7 Å². The summed E-state index contributed by atoms with van der Waals surface area (Å²) >= 11 is 3.32. The van der Waals surface area contributed by atoms with Gasteiger partial charge < -0.3 is 14.8 Å². The third kappa shape index (κ3) is 4.51. The van der Waals surface area contributed by atoms with Crippen LogP contribution in [0.2, 0.25) is 0 Å². The summed E-state index contributed by atoms with van der Waals surface area (Å²) in [5.74, 6) is -1.00. The Bertz CT molecular complexity index is 1040. The Labute approximate surface area is 180 Å². The number of nitrogens with one attached hydrogen (secondary N) is 1. The molecular formula is C21H18BrFN2O5. The van der Waals surface area contributed by atoms with Crippen molar-refractivity contribution in [3.63, 3.8) is 0 Å². The molecule has 1 aliphatic rings. The van der Waals surface area contributed by atoms with Crippen molar-refractivity contribution in [2.75, 3.05) is 19.5 Å². The third-order valence-corrected chi connectivity index (χ3v) is 5.21. The molecule has 1 N–H and O–H groups in total. The smallest absolute Gasteiger partial charge is 0.341 e. The minimum Gasteiger partial charge on any atom is -0.496 e. The number of ether oxygens (including phenoxy) is 2. The number of carbonyl (C=O) groups excluding carboxylic acids is 3. The Morgan fingerprint density at radius 3 is 2.67 bits per heavy atom. The molecule has 0 saturated carbocycles. The standard InChI is InChI=1S/C21H18BrFN2O5/c1-29-19-11-17(16(22)10-15(19)20(27)30-2)24-21(28)25-7-6-14(26)9-18(25)12-4-3-5-13(23)8-12/h3-8,10-11,18H,9H2,1-2H3,(H,24,28)/t18-/m0/s1. The highest BCUT2D eigenvalue weighted by atomic mass is 79.9. The molecule has 3 rings (SSSR count). The fraction of sp³-hybridized carbons (Fsp3) is 0.190. The summed E-state index contributed by atoms with van der Waals surface area (Å²) in [6.07, 6.45) is 2.69. The first-order valence-corrected chi connectivity index (χ1v) is 9.65. The van der Waals surface area contributed by atoms with E-state index in [9.17, 15) is 18.8 Å². The molecular weight excluding hydrogens is 459 g/mol. The molecule has 2 amide bonds. The van der Waals surface area contributed by atoms with Gasteiger partial charge in [0.1, 0.15) is 17.1 Å². The van der Waals surface area contributed by atoms with Crippen molar-refractivity contribution in [2.24, 2.45) is 0 Å². The predicted molar refractivity (Wildman–Crippen MR) is 111 cm³/mol. The van der Waals surface area contributed by atoms with Crippen molar-refractivity contribution < 1.29 is 28.2 Å². The zero-order valence-electron chi connectivity index (χ0n) is 16.1. The Morgan fingerprint density at radius 2 is 2.00 bits per heavy atom. The molecule has 0 bridgehead atoms. The van der Waals surface area contributed by atoms with Crippen LogP contribution in [-0.2, 0) is 9.53 Å². The molecule has 156 valence electrons. The van der Waals surface area contributed by atoms with Crippen LogP contribution in [0.4, 0.5) is 14.9 Å². The molecule has 0 spiro atoms. The number of hydrogen-bond acceptors (Lipinski definition) is 5. The summed E-state index contributed by atoms with van der Waals surface area (Å²) in [7, 11) is 2.64. The Hall–Kier alpha value is -3.20. The van der Waals surface area contributed by atoms with Gasteiger partial charge in [-0.05, 0) is 45.8 Å². The largest absolute Gasteiger partial charge is 0.496 e. The van der Waals surface area contributed by atoms with Gasteiger partial charge in [-0.15, -0.1) is 0 Å². The van der Waals surface area contributed by atoms with Crippen molar-refractivity contribution >= 4 is 39.4 Å². The first kappa shape index (κ1) is 21.5. The average Bonchev–Trinajstić information content (AvgIpc) is 2.74. The van der Waals surface area contributed by atoms with Crippen LogP contribution in [0.15, 0.2) is 53.1 Å². The molecule has 0 unspecified atom stereocenters. The van der Waals surface area contributed by atoms with E-state index in [1.807, 2.05) is 0 Å². The minimum absolute atomic E-state index is 0.0269. The van der Waals surface area contributed by atoms with Gasteiger partial charge in [-0.3, -0.25) is 9.69 Å². The number of nitrogens with zero attached hydrogens (tertiary/aromatic N) is 1. The molecule has 0 saturated heterocycles. The third-order valence-electron chi connectivity index (χ3n) is 4.56. The van der Waals surface area contributed by atoms with Crippen molar-refractivity contribution in [3.8, 4) is 5.75 Å². The van der Waals surface area contributed by atoms with Gasteiger partial charge in [0.25, 0.3) is 0 Å². The summed E-state index contributed by atoms with van der Waals surface area (Å²) in [6.45, 7) is 0. The SMILES string of the molecule is COC(=O)c1cc(Br)c(NC(=O)N2C=CC(=O)C[C@H]2c2cccc(F)c2)cc1OC. The van der Waals surface area contributed by atoms with E-state index in [4.69, 9.17) is 9.47 Å². The van der Waals surface area contributed by atoms with E-state index < -0.39 is 23.9 Å². The van der Waals surface area contributed by atoms with E-state index in [-0.39, 0.29) is 23.5 Å². The summed E-state index contributed by atoms with van der Waals surface area (Å²) in [4.78, 5) is 38.1. The molecule has 9 heteroatoms. The lowest BCUT2D eigenvalue weighted by Gasteiger charge is -2.31. The van der Waals surface area contributed by atoms with Gasteiger partial charge >= 0.3 is 12.0 Å². The van der Waals surface area contributed by atoms with E-state index >= 15 is 0 Å². The van der Waals surface area contributed by atoms with Gasteiger partial charge in [0, 0.05) is 23.2 Å². The van der Waals surface area contributed by atoms with Gasteiger partial charge in [-0.2, -0.15) is 0 Å². The molecule has 0 radical (unpaired) electrons. The van der Waals surface area contributed by atoms with Gasteiger partial charge in [0.15, 0.2) is 5.78 Å². The summed E-state index contributed by atoms with van der Waals surface area (Å²) in [6, 6.07) is 7.52. The van der Waals surface area contributed by atoms with Gasteiger partial charge in [0.2, 0.25) is 0 Å². The second-order valence-electron chi connectivity index (χ2n) is 6.42. The van der Waals surface area contributed by atoms with Crippen molar-refractivity contribution in [1.29, 1.82) is 0 Å². The van der Waals surface area contributed by atoms with Gasteiger partial charge in [0.05, 0.1) is 25.9 Å². The topological polar surface area (TPSA) is 84.9 Å². The Kier molecular flexibility index (Phi) is 6.51. The molecule has 30 heavy (non-hydrogen) atoms. The molecule has 2 aromatic rings. The molecule has 0 fully saturated rings. The number of benzene rings is 2. The maximum Gasteiger partial charge on any atom is 0.341 e. The summed E-state index contributed by atoms with van der Waals surface area (Å²) in [5.41, 5.74) is 1.03. The predicted octanol–water partition coefficient (Wildman–Crippen LogP) is 4.45. The van der Waals surface area contributed by atoms with E-state index in [0.717, 1.165) is 0 Å². The normalized spacial score (nSPS) is 15.7. The number of allylic oxidation sites excluding steroid dienone is 1. The van der Waals surface area contributed by atoms with Crippen LogP contribution in [0.1, 0.15) is 28.4 Å². The van der Waals surface area contributed by atoms with Crippen molar-refractivity contribution in [2.45, 2.75) is 12.5 Å². The number of ketones is 1. The number of esters is 1. The van der Waals surface area contributed by atoms with Gasteiger partial charge in [-0.1, -0.05) is 12.1 Å². The second-order valence-corrected chi connectivity index (χ2v) is 7.27. The highest BCUT2D eigenvalue weighted by Crippen LogP contribution is 2.34. The second kappa shape index (κ2) is 9.08. The number of halogens is 2. The molecule has 0 aliphatic carbocycles. The minimum atomic E-state index is -0.659. The number of anilines is 1. The summed E-state index contributed by atoms with van der Waals surface area (Å²) < 4.78 is 24.1. The van der Waals surface area contributed by atoms with Crippen molar-refractivity contribution in [1.82, 2.24) is 4.90 Å². The number of hydrogen-bond donors (Lipinski definition) is 1. The van der Waals surface area contributed by atoms with Crippen LogP contribution in [0.3, 0.4) is 0 Å². The molecule has 7 nitrogen and oxygen atoms in total. The van der Waals surface area contributed by atoms with Crippen LogP contribution < -0.4 is 10.1 Å². The highest BCUT2D eigenvalue weighted by molar-refractivity contribution is 9.10. The molecule has 1 aliphatic heterocycles. The molecule has 1 heterocycles. The van der Waals surface area contributed by atoms with E-state index in [2.05, 4.69) is 21.2 Å². The van der Waals surface area contributed by atoms with Crippen LogP contribution in [0.5, 0.6) is 5.75 Å². The van der Waals surface area contributed by atoms with Gasteiger partial charge in [-0.25, -0.2) is 14.0 Å². The van der Waals surface area contributed by atoms with Crippen LogP contribution >= 0.6 is 15.9 Å². The molecule has 1 atom stereocenters. The monoisotopic (exact) mass is 476 g/mol. The van der Waals surface area contributed by atoms with E-state index in [0.29, 0.717) is 15.7 Å². The lowest BCUT2D eigenvalue weighted by Crippen LogP contribution is -2.37. The first-order chi connectivity index (χ1) is 14.3. The lowest BCUT2D eigenvalue weighted by molar-refractivity contribution is -0.116. The quantitative estimate of drug-likeness (QED) is 0.659. The maximum absolute atomic E-state index is 13.7. The first-order valence-electron chi connectivity index (χ1n) is 8.85. The van der Waals surface area contributed by atoms with Crippen molar-refractivity contribution in [3.05, 3.63) is 70.1 Å². The number of urea groups is 1. The van der Waals surface area contributed by atoms with Crippen LogP contribution in [0.25, 0.3) is 0 Å². The zero-order valence-corrected chi connectivity index (χ0v) is 17.7. The fourth-order valence-electron chi connectivity index (χ4n) is 3.09. The average molecular weight is 477 g/mol. The fourth-order valence-corrected chi connectivity index (χ4v) is 3.54. The van der Waals surface area contributed by atoms with E-state index in [1.54, 1.807) is 6.07 Å². The Morgan fingerprint density at radius 1 is 1.23 bits per heavy atom. The number of methoxy groups -OCH3 is 2. The number of amides is 2. The number of rotatable bonds is 4. The van der Waals surface area contributed by atoms with Crippen LogP contribution in [-0.4, -0.2) is 36.9 Å². The maximum atomic E-state index is 13.7. The molecule has 2 aromatic carbocycles.